The first-order valence-corrected chi connectivity index (χ1v) is 19.7. The molecule has 0 aliphatic rings. The van der Waals surface area contributed by atoms with E-state index in [1.54, 1.807) is 16.8 Å². The quantitative estimate of drug-likeness (QED) is 0.151. The zero-order valence-electron chi connectivity index (χ0n) is 28.7. The van der Waals surface area contributed by atoms with Crippen molar-refractivity contribution in [3.05, 3.63) is 188 Å². The van der Waals surface area contributed by atoms with Crippen LogP contribution in [0.15, 0.2) is 155 Å². The van der Waals surface area contributed by atoms with Crippen molar-refractivity contribution in [1.82, 2.24) is 29.5 Å². The maximum Gasteiger partial charge on any atom is 0.278 e. The standard InChI is InChI=1S/C43H28Cl2N6O2S2/c44-31-17-11-26(12-18-31)35-24-54-42(46-35)50-23-34(39(48-50)29-7-3-1-4-8-29)37(28-15-21-33(52)22-16-28)38-40(30-9-5-2-6-10-30)49-51(41(38)53)43-47-36(25-55-43)27-13-19-32(45)20-14-27/h1-25,37,49,52H/t37-/m0/s1. The molecule has 0 spiro atoms. The van der Waals surface area contributed by atoms with Crippen molar-refractivity contribution in [3.8, 4) is 61.0 Å². The van der Waals surface area contributed by atoms with Gasteiger partial charge in [-0.1, -0.05) is 120 Å². The summed E-state index contributed by atoms with van der Waals surface area (Å²) in [7, 11) is 0. The number of H-pyrrole nitrogens is 1. The second-order valence-corrected chi connectivity index (χ2v) is 15.3. The van der Waals surface area contributed by atoms with Gasteiger partial charge >= 0.3 is 0 Å². The molecule has 0 saturated heterocycles. The lowest BCUT2D eigenvalue weighted by molar-refractivity contribution is 0.475. The second kappa shape index (κ2) is 14.7. The second-order valence-electron chi connectivity index (χ2n) is 12.7. The van der Waals surface area contributed by atoms with E-state index in [1.165, 1.54) is 27.4 Å². The number of hydrogen-bond acceptors (Lipinski definition) is 7. The average Bonchev–Trinajstić information content (AvgIpc) is 4.04. The van der Waals surface area contributed by atoms with Crippen LogP contribution in [0, 0.1) is 0 Å². The summed E-state index contributed by atoms with van der Waals surface area (Å²) >= 11 is 15.2. The van der Waals surface area contributed by atoms with Gasteiger partial charge in [0.15, 0.2) is 0 Å². The summed E-state index contributed by atoms with van der Waals surface area (Å²) in [6.45, 7) is 0. The third kappa shape index (κ3) is 6.81. The van der Waals surface area contributed by atoms with Crippen molar-refractivity contribution in [3.63, 3.8) is 0 Å². The van der Waals surface area contributed by atoms with Gasteiger partial charge < -0.3 is 5.11 Å². The lowest BCUT2D eigenvalue weighted by atomic mass is 9.83. The molecule has 9 rings (SSSR count). The van der Waals surface area contributed by atoms with Gasteiger partial charge in [0.25, 0.3) is 5.56 Å². The van der Waals surface area contributed by atoms with Crippen LogP contribution in [0.5, 0.6) is 5.75 Å². The number of hydrogen-bond donors (Lipinski definition) is 2. The molecule has 4 aromatic heterocycles. The Balaban J connectivity index is 1.26. The Morgan fingerprint density at radius 2 is 1.18 bits per heavy atom. The highest BCUT2D eigenvalue weighted by atomic mass is 35.5. The molecule has 1 atom stereocenters. The summed E-state index contributed by atoms with van der Waals surface area (Å²) in [6.07, 6.45) is 1.96. The van der Waals surface area contributed by atoms with Crippen LogP contribution in [0.1, 0.15) is 22.6 Å². The van der Waals surface area contributed by atoms with Crippen LogP contribution in [0.4, 0.5) is 0 Å². The zero-order chi connectivity index (χ0) is 37.5. The highest BCUT2D eigenvalue weighted by molar-refractivity contribution is 7.12. The van der Waals surface area contributed by atoms with Gasteiger partial charge in [-0.25, -0.2) is 14.6 Å². The Kier molecular flexibility index (Phi) is 9.25. The fourth-order valence-corrected chi connectivity index (χ4v) is 8.41. The van der Waals surface area contributed by atoms with Crippen LogP contribution in [-0.2, 0) is 0 Å². The van der Waals surface area contributed by atoms with Crippen molar-refractivity contribution in [2.24, 2.45) is 0 Å². The van der Waals surface area contributed by atoms with Crippen LogP contribution in [0.3, 0.4) is 0 Å². The van der Waals surface area contributed by atoms with E-state index < -0.39 is 5.92 Å². The Bertz CT molecular complexity index is 2810. The number of phenolic OH excluding ortho intramolecular Hbond substituents is 1. The van der Waals surface area contributed by atoms with Gasteiger partial charge in [-0.05, 0) is 47.5 Å². The van der Waals surface area contributed by atoms with E-state index >= 15 is 4.79 Å². The molecule has 268 valence electrons. The fraction of sp³-hybridized carbons (Fsp3) is 0.0233. The minimum Gasteiger partial charge on any atom is -0.508 e. The summed E-state index contributed by atoms with van der Waals surface area (Å²) in [5.74, 6) is -0.526. The lowest BCUT2D eigenvalue weighted by Crippen LogP contribution is -2.20. The number of aromatic amines is 1. The number of benzene rings is 5. The van der Waals surface area contributed by atoms with E-state index in [2.05, 4.69) is 5.10 Å². The SMILES string of the molecule is O=c1c([C@@H](c2ccc(O)cc2)c2cn(-c3nc(-c4ccc(Cl)cc4)cs3)nc2-c2ccccc2)c(-c2ccccc2)[nH]n1-c1nc(-c2ccc(Cl)cc2)cs1. The van der Waals surface area contributed by atoms with Crippen LogP contribution in [0.2, 0.25) is 10.0 Å². The molecule has 0 aliphatic carbocycles. The Hall–Kier alpha value is -6.04. The summed E-state index contributed by atoms with van der Waals surface area (Å²) in [6, 6.07) is 41.7. The van der Waals surface area contributed by atoms with Crippen molar-refractivity contribution in [2.45, 2.75) is 5.92 Å². The lowest BCUT2D eigenvalue weighted by Gasteiger charge is -2.18. The molecule has 12 heteroatoms. The van der Waals surface area contributed by atoms with Crippen molar-refractivity contribution in [1.29, 1.82) is 0 Å². The highest BCUT2D eigenvalue weighted by Crippen LogP contribution is 2.41. The number of aromatic hydroxyl groups is 1. The van der Waals surface area contributed by atoms with Crippen molar-refractivity contribution in [2.75, 3.05) is 0 Å². The van der Waals surface area contributed by atoms with Gasteiger partial charge in [0.2, 0.25) is 10.3 Å². The first kappa shape index (κ1) is 34.7. The molecule has 5 aromatic carbocycles. The molecule has 0 fully saturated rings. The third-order valence-corrected chi connectivity index (χ3v) is 11.4. The first-order valence-electron chi connectivity index (χ1n) is 17.2. The molecule has 0 radical (unpaired) electrons. The molecule has 0 unspecified atom stereocenters. The number of halogens is 2. The van der Waals surface area contributed by atoms with Crippen LogP contribution >= 0.6 is 45.9 Å². The topological polar surface area (TPSA) is 102 Å². The Morgan fingerprint density at radius 3 is 1.78 bits per heavy atom. The monoisotopic (exact) mass is 794 g/mol. The number of nitrogens with zero attached hydrogens (tertiary/aromatic N) is 5. The van der Waals surface area contributed by atoms with Crippen LogP contribution in [-0.4, -0.2) is 34.6 Å². The maximum absolute atomic E-state index is 15.1. The normalized spacial score (nSPS) is 11.9. The Morgan fingerprint density at radius 1 is 0.636 bits per heavy atom. The molecule has 0 amide bonds. The molecule has 4 heterocycles. The fourth-order valence-electron chi connectivity index (χ4n) is 6.61. The minimum absolute atomic E-state index is 0.117. The summed E-state index contributed by atoms with van der Waals surface area (Å²) < 4.78 is 3.29. The molecule has 55 heavy (non-hydrogen) atoms. The first-order chi connectivity index (χ1) is 26.9. The van der Waals surface area contributed by atoms with Crippen molar-refractivity contribution < 1.29 is 5.11 Å². The van der Waals surface area contributed by atoms with Gasteiger partial charge in [0.05, 0.1) is 28.3 Å². The van der Waals surface area contributed by atoms with Gasteiger partial charge in [0, 0.05) is 55.2 Å². The van der Waals surface area contributed by atoms with Crippen LogP contribution < -0.4 is 5.56 Å². The smallest absolute Gasteiger partial charge is 0.278 e. The van der Waals surface area contributed by atoms with E-state index in [4.69, 9.17) is 38.3 Å². The number of thiazole rings is 2. The molecular formula is C43H28Cl2N6O2S2. The van der Waals surface area contributed by atoms with Gasteiger partial charge in [-0.2, -0.15) is 9.78 Å². The van der Waals surface area contributed by atoms with E-state index in [0.717, 1.165) is 44.8 Å². The maximum atomic E-state index is 15.1. The predicted molar refractivity (Wildman–Crippen MR) is 222 cm³/mol. The molecule has 2 N–H and O–H groups in total. The number of nitrogens with one attached hydrogen (secondary N) is 1. The number of phenols is 1. The molecule has 8 nitrogen and oxygen atoms in total. The van der Waals surface area contributed by atoms with E-state index in [9.17, 15) is 5.11 Å². The molecule has 9 aromatic rings. The third-order valence-electron chi connectivity index (χ3n) is 9.26. The van der Waals surface area contributed by atoms with Gasteiger partial charge in [-0.3, -0.25) is 9.89 Å². The van der Waals surface area contributed by atoms with E-state index in [0.29, 0.717) is 37.3 Å². The molecule has 0 saturated carbocycles. The largest absolute Gasteiger partial charge is 0.508 e. The van der Waals surface area contributed by atoms with Crippen molar-refractivity contribution >= 4 is 45.9 Å². The van der Waals surface area contributed by atoms with E-state index in [-0.39, 0.29) is 11.3 Å². The highest BCUT2D eigenvalue weighted by Gasteiger charge is 2.32. The number of rotatable bonds is 9. The summed E-state index contributed by atoms with van der Waals surface area (Å²) in [4.78, 5) is 25.0. The molecule has 0 aliphatic heterocycles. The minimum atomic E-state index is -0.642. The van der Waals surface area contributed by atoms with Gasteiger partial charge in [-0.15, -0.1) is 22.7 Å². The predicted octanol–water partition coefficient (Wildman–Crippen LogP) is 11.1. The molecular weight excluding hydrogens is 768 g/mol. The van der Waals surface area contributed by atoms with E-state index in [1.807, 2.05) is 138 Å². The van der Waals surface area contributed by atoms with Gasteiger partial charge in [0.1, 0.15) is 5.75 Å². The summed E-state index contributed by atoms with van der Waals surface area (Å²) in [5.41, 5.74) is 8.18. The molecule has 0 bridgehead atoms. The van der Waals surface area contributed by atoms with Crippen LogP contribution in [0.25, 0.3) is 55.3 Å². The zero-order valence-corrected chi connectivity index (χ0v) is 31.8. The number of aromatic nitrogens is 6. The summed E-state index contributed by atoms with van der Waals surface area (Å²) in [5, 5.41) is 25.4. The Labute approximate surface area is 333 Å². The average molecular weight is 796 g/mol.